The van der Waals surface area contributed by atoms with Crippen molar-refractivity contribution in [3.05, 3.63) is 40.2 Å². The number of halogens is 1. The summed E-state index contributed by atoms with van der Waals surface area (Å²) in [7, 11) is 0. The molecule has 0 N–H and O–H groups in total. The highest BCUT2D eigenvalue weighted by Gasteiger charge is 2.03. The number of nitrogens with zero attached hydrogens (tertiary/aromatic N) is 1. The molecule has 0 saturated carbocycles. The second-order valence-corrected chi connectivity index (χ2v) is 4.02. The number of rotatable bonds is 2. The van der Waals surface area contributed by atoms with Crippen LogP contribution in [-0.4, -0.2) is 10.7 Å². The maximum atomic E-state index is 10.5. The average molecular weight is 224 g/mol. The molecule has 0 atom stereocenters. The van der Waals surface area contributed by atoms with Crippen LogP contribution in [0.25, 0.3) is 11.3 Å². The minimum Gasteiger partial charge on any atom is -0.297 e. The monoisotopic (exact) mass is 223 g/mol. The van der Waals surface area contributed by atoms with Gasteiger partial charge in [0.1, 0.15) is 0 Å². The molecule has 0 aliphatic carbocycles. The van der Waals surface area contributed by atoms with E-state index < -0.39 is 0 Å². The van der Waals surface area contributed by atoms with E-state index >= 15 is 0 Å². The van der Waals surface area contributed by atoms with Crippen molar-refractivity contribution in [1.29, 1.82) is 0 Å². The Morgan fingerprint density at radius 3 is 2.86 bits per heavy atom. The molecule has 1 aromatic carbocycles. The molecule has 0 radical (unpaired) electrons. The van der Waals surface area contributed by atoms with E-state index in [2.05, 4.69) is 4.37 Å². The topological polar surface area (TPSA) is 30.0 Å². The lowest BCUT2D eigenvalue weighted by molar-refractivity contribution is 0.112. The molecule has 1 aromatic heterocycles. The van der Waals surface area contributed by atoms with E-state index in [1.165, 1.54) is 11.5 Å². The van der Waals surface area contributed by atoms with Gasteiger partial charge in [0.25, 0.3) is 0 Å². The van der Waals surface area contributed by atoms with Gasteiger partial charge >= 0.3 is 0 Å². The fourth-order valence-electron chi connectivity index (χ4n) is 1.13. The standard InChI is InChI=1S/C10H6ClNOS/c11-8-3-1-2-7(4-8)10-5-9(6-13)14-12-10/h1-6H. The second-order valence-electron chi connectivity index (χ2n) is 2.74. The van der Waals surface area contributed by atoms with Gasteiger partial charge in [-0.2, -0.15) is 4.37 Å². The molecule has 0 aliphatic heterocycles. The summed E-state index contributed by atoms with van der Waals surface area (Å²) in [5.41, 5.74) is 1.72. The Labute approximate surface area is 90.3 Å². The molecule has 14 heavy (non-hydrogen) atoms. The fourth-order valence-corrected chi connectivity index (χ4v) is 1.89. The Morgan fingerprint density at radius 2 is 2.21 bits per heavy atom. The molecule has 0 aliphatic rings. The van der Waals surface area contributed by atoms with E-state index in [0.717, 1.165) is 17.5 Å². The normalized spacial score (nSPS) is 10.1. The molecule has 0 saturated heterocycles. The van der Waals surface area contributed by atoms with Crippen LogP contribution >= 0.6 is 23.1 Å². The summed E-state index contributed by atoms with van der Waals surface area (Å²) in [5, 5.41) is 0.670. The van der Waals surface area contributed by atoms with Gasteiger partial charge in [-0.25, -0.2) is 0 Å². The number of carbonyl (C=O) groups is 1. The van der Waals surface area contributed by atoms with Gasteiger partial charge in [0.05, 0.1) is 10.6 Å². The van der Waals surface area contributed by atoms with Crippen LogP contribution in [0.2, 0.25) is 5.02 Å². The first-order valence-corrected chi connectivity index (χ1v) is 5.12. The van der Waals surface area contributed by atoms with Crippen LogP contribution in [0.3, 0.4) is 0 Å². The first kappa shape index (κ1) is 9.37. The summed E-state index contributed by atoms with van der Waals surface area (Å²) in [4.78, 5) is 11.1. The van der Waals surface area contributed by atoms with Gasteiger partial charge in [0.15, 0.2) is 6.29 Å². The van der Waals surface area contributed by atoms with Crippen LogP contribution in [0.4, 0.5) is 0 Å². The highest BCUT2D eigenvalue weighted by Crippen LogP contribution is 2.23. The smallest absolute Gasteiger partial charge is 0.161 e. The molecular weight excluding hydrogens is 218 g/mol. The summed E-state index contributed by atoms with van der Waals surface area (Å²) < 4.78 is 4.15. The predicted octanol–water partition coefficient (Wildman–Crippen LogP) is 3.28. The lowest BCUT2D eigenvalue weighted by Gasteiger charge is -1.95. The first-order valence-electron chi connectivity index (χ1n) is 3.97. The Bertz CT molecular complexity index is 467. The maximum Gasteiger partial charge on any atom is 0.161 e. The highest BCUT2D eigenvalue weighted by molar-refractivity contribution is 7.07. The number of benzene rings is 1. The van der Waals surface area contributed by atoms with Crippen LogP contribution in [-0.2, 0) is 0 Å². The summed E-state index contributed by atoms with van der Waals surface area (Å²) in [6.07, 6.45) is 0.797. The lowest BCUT2D eigenvalue weighted by atomic mass is 10.1. The summed E-state index contributed by atoms with van der Waals surface area (Å²) in [6, 6.07) is 9.15. The van der Waals surface area contributed by atoms with Crippen LogP contribution in [0.15, 0.2) is 30.3 Å². The molecule has 0 unspecified atom stereocenters. The molecule has 2 aromatic rings. The van der Waals surface area contributed by atoms with Crippen LogP contribution in [0.5, 0.6) is 0 Å². The lowest BCUT2D eigenvalue weighted by Crippen LogP contribution is -1.75. The van der Waals surface area contributed by atoms with Gasteiger partial charge < -0.3 is 0 Å². The molecule has 0 amide bonds. The van der Waals surface area contributed by atoms with Gasteiger partial charge in [0, 0.05) is 10.6 Å². The Hall–Kier alpha value is -1.19. The van der Waals surface area contributed by atoms with Crippen LogP contribution in [0.1, 0.15) is 9.67 Å². The van der Waals surface area contributed by atoms with Crippen molar-refractivity contribution in [3.63, 3.8) is 0 Å². The van der Waals surface area contributed by atoms with Crippen molar-refractivity contribution >= 4 is 29.4 Å². The van der Waals surface area contributed by atoms with Gasteiger partial charge in [0.2, 0.25) is 0 Å². The van der Waals surface area contributed by atoms with E-state index in [-0.39, 0.29) is 0 Å². The van der Waals surface area contributed by atoms with Gasteiger partial charge in [-0.1, -0.05) is 23.7 Å². The predicted molar refractivity (Wildman–Crippen MR) is 57.9 cm³/mol. The Morgan fingerprint density at radius 1 is 1.36 bits per heavy atom. The third-order valence-electron chi connectivity index (χ3n) is 1.76. The summed E-state index contributed by atoms with van der Waals surface area (Å²) >= 11 is 7.03. The molecule has 70 valence electrons. The maximum absolute atomic E-state index is 10.5. The van der Waals surface area contributed by atoms with Crippen molar-refractivity contribution in [2.75, 3.05) is 0 Å². The number of hydrogen-bond donors (Lipinski definition) is 0. The number of carbonyl (C=O) groups excluding carboxylic acids is 1. The zero-order valence-corrected chi connectivity index (χ0v) is 8.68. The van der Waals surface area contributed by atoms with E-state index in [1.807, 2.05) is 18.2 Å². The minimum absolute atomic E-state index is 0.625. The molecule has 0 fully saturated rings. The molecule has 2 nitrogen and oxygen atoms in total. The van der Waals surface area contributed by atoms with Crippen molar-refractivity contribution in [2.45, 2.75) is 0 Å². The van der Waals surface area contributed by atoms with Crippen LogP contribution in [0, 0.1) is 0 Å². The summed E-state index contributed by atoms with van der Waals surface area (Å²) in [6.45, 7) is 0. The Balaban J connectivity index is 2.43. The van der Waals surface area contributed by atoms with Crippen molar-refractivity contribution in [1.82, 2.24) is 4.37 Å². The van der Waals surface area contributed by atoms with Crippen molar-refractivity contribution < 1.29 is 4.79 Å². The highest BCUT2D eigenvalue weighted by atomic mass is 35.5. The summed E-state index contributed by atoms with van der Waals surface area (Å²) in [5.74, 6) is 0. The average Bonchev–Trinajstić information content (AvgIpc) is 2.66. The SMILES string of the molecule is O=Cc1cc(-c2cccc(Cl)c2)ns1. The fraction of sp³-hybridized carbons (Fsp3) is 0. The molecule has 0 spiro atoms. The Kier molecular flexibility index (Phi) is 2.61. The zero-order valence-electron chi connectivity index (χ0n) is 7.11. The molecule has 1 heterocycles. The third-order valence-corrected chi connectivity index (χ3v) is 2.71. The van der Waals surface area contributed by atoms with Crippen molar-refractivity contribution in [2.24, 2.45) is 0 Å². The van der Waals surface area contributed by atoms with Crippen molar-refractivity contribution in [3.8, 4) is 11.3 Å². The van der Waals surface area contributed by atoms with Gasteiger partial charge in [-0.3, -0.25) is 4.79 Å². The van der Waals surface area contributed by atoms with E-state index in [9.17, 15) is 4.79 Å². The molecular formula is C10H6ClNOS. The zero-order chi connectivity index (χ0) is 9.97. The largest absolute Gasteiger partial charge is 0.297 e. The minimum atomic E-state index is 0.625. The van der Waals surface area contributed by atoms with Gasteiger partial charge in [-0.15, -0.1) is 0 Å². The van der Waals surface area contributed by atoms with E-state index in [0.29, 0.717) is 9.90 Å². The second kappa shape index (κ2) is 3.90. The first-order chi connectivity index (χ1) is 6.79. The van der Waals surface area contributed by atoms with Gasteiger partial charge in [-0.05, 0) is 29.7 Å². The number of hydrogen-bond acceptors (Lipinski definition) is 3. The molecule has 2 rings (SSSR count). The molecule has 4 heteroatoms. The third kappa shape index (κ3) is 1.84. The molecule has 0 bridgehead atoms. The van der Waals surface area contributed by atoms with Crippen LogP contribution < -0.4 is 0 Å². The van der Waals surface area contributed by atoms with E-state index in [1.54, 1.807) is 12.1 Å². The van der Waals surface area contributed by atoms with E-state index in [4.69, 9.17) is 11.6 Å². The quantitative estimate of drug-likeness (QED) is 0.732. The number of aldehydes is 1. The number of aromatic nitrogens is 1.